The molecule has 1 aromatic carbocycles. The molecule has 0 aromatic heterocycles. The van der Waals surface area contributed by atoms with Crippen LogP contribution in [0.2, 0.25) is 0 Å². The predicted molar refractivity (Wildman–Crippen MR) is 120 cm³/mol. The molecule has 176 valence electrons. The zero-order valence-corrected chi connectivity index (χ0v) is 19.0. The van der Waals surface area contributed by atoms with E-state index in [2.05, 4.69) is 10.2 Å². The first-order chi connectivity index (χ1) is 15.6. The Morgan fingerprint density at radius 2 is 1.84 bits per heavy atom. The average Bonchev–Trinajstić information content (AvgIpc) is 3.68. The number of ether oxygens (including phenoxy) is 3. The second-order valence-electron chi connectivity index (χ2n) is 8.84. The zero-order chi connectivity index (χ0) is 22.3. The van der Waals surface area contributed by atoms with Crippen molar-refractivity contribution in [3.63, 3.8) is 0 Å². The molecule has 0 atom stereocenters. The van der Waals surface area contributed by atoms with E-state index in [1.807, 2.05) is 17.0 Å². The van der Waals surface area contributed by atoms with Gasteiger partial charge in [0.1, 0.15) is 17.6 Å². The van der Waals surface area contributed by atoms with Crippen LogP contribution in [-0.2, 0) is 9.53 Å². The largest absolute Gasteiger partial charge is 0.497 e. The van der Waals surface area contributed by atoms with Crippen molar-refractivity contribution in [2.75, 3.05) is 59.6 Å². The average molecular weight is 446 g/mol. The van der Waals surface area contributed by atoms with Gasteiger partial charge >= 0.3 is 0 Å². The SMILES string of the molecule is COc1ccc(OC2CCN(C(=O)C3CC3)CC2)c(C(=O)NCCCN2CCOCC2)c1. The van der Waals surface area contributed by atoms with Gasteiger partial charge in [0, 0.05) is 51.5 Å². The normalized spacial score (nSPS) is 20.1. The first-order valence-electron chi connectivity index (χ1n) is 11.9. The first-order valence-corrected chi connectivity index (χ1v) is 11.9. The summed E-state index contributed by atoms with van der Waals surface area (Å²) in [6.45, 7) is 6.46. The predicted octanol–water partition coefficient (Wildman–Crippen LogP) is 1.93. The molecule has 32 heavy (non-hydrogen) atoms. The van der Waals surface area contributed by atoms with Gasteiger partial charge in [-0.1, -0.05) is 0 Å². The van der Waals surface area contributed by atoms with Gasteiger partial charge in [0.2, 0.25) is 5.91 Å². The maximum atomic E-state index is 12.9. The summed E-state index contributed by atoms with van der Waals surface area (Å²) < 4.78 is 16.9. The third-order valence-corrected chi connectivity index (χ3v) is 6.45. The van der Waals surface area contributed by atoms with Crippen LogP contribution in [0.4, 0.5) is 0 Å². The molecule has 8 nitrogen and oxygen atoms in total. The number of amides is 2. The van der Waals surface area contributed by atoms with Crippen molar-refractivity contribution >= 4 is 11.8 Å². The van der Waals surface area contributed by atoms with Crippen molar-refractivity contribution in [2.24, 2.45) is 5.92 Å². The van der Waals surface area contributed by atoms with E-state index in [4.69, 9.17) is 14.2 Å². The molecule has 8 heteroatoms. The van der Waals surface area contributed by atoms with E-state index >= 15 is 0 Å². The van der Waals surface area contributed by atoms with Crippen LogP contribution in [0.25, 0.3) is 0 Å². The van der Waals surface area contributed by atoms with E-state index in [9.17, 15) is 9.59 Å². The van der Waals surface area contributed by atoms with Crippen LogP contribution in [0.15, 0.2) is 18.2 Å². The smallest absolute Gasteiger partial charge is 0.255 e. The number of benzene rings is 1. The van der Waals surface area contributed by atoms with Crippen molar-refractivity contribution in [3.8, 4) is 11.5 Å². The van der Waals surface area contributed by atoms with Crippen LogP contribution in [-0.4, -0.2) is 87.3 Å². The monoisotopic (exact) mass is 445 g/mol. The van der Waals surface area contributed by atoms with E-state index in [1.54, 1.807) is 13.2 Å². The summed E-state index contributed by atoms with van der Waals surface area (Å²) in [4.78, 5) is 29.5. The third-order valence-electron chi connectivity index (χ3n) is 6.45. The number of morpholine rings is 1. The molecule has 1 aliphatic carbocycles. The number of carbonyl (C=O) groups excluding carboxylic acids is 2. The van der Waals surface area contributed by atoms with Crippen LogP contribution in [0, 0.1) is 5.92 Å². The fourth-order valence-electron chi connectivity index (χ4n) is 4.30. The van der Waals surface area contributed by atoms with E-state index in [-0.39, 0.29) is 17.9 Å². The van der Waals surface area contributed by atoms with Gasteiger partial charge in [0.05, 0.1) is 25.9 Å². The lowest BCUT2D eigenvalue weighted by Crippen LogP contribution is -2.42. The van der Waals surface area contributed by atoms with Crippen LogP contribution < -0.4 is 14.8 Å². The van der Waals surface area contributed by atoms with E-state index in [0.717, 1.165) is 78.0 Å². The first kappa shape index (κ1) is 22.9. The minimum absolute atomic E-state index is 0.000446. The van der Waals surface area contributed by atoms with Crippen LogP contribution in [0.1, 0.15) is 42.5 Å². The summed E-state index contributed by atoms with van der Waals surface area (Å²) in [5.41, 5.74) is 0.493. The Labute approximate surface area is 190 Å². The number of piperidine rings is 1. The molecule has 0 radical (unpaired) electrons. The van der Waals surface area contributed by atoms with Gasteiger partial charge in [-0.15, -0.1) is 0 Å². The molecule has 0 bridgehead atoms. The van der Waals surface area contributed by atoms with Crippen molar-refractivity contribution in [3.05, 3.63) is 23.8 Å². The molecule has 2 saturated heterocycles. The number of nitrogens with zero attached hydrogens (tertiary/aromatic N) is 2. The number of carbonyl (C=O) groups is 2. The number of hydrogen-bond donors (Lipinski definition) is 1. The standard InChI is InChI=1S/C24H35N3O5/c1-30-20-5-6-22(32-19-7-11-27(12-8-19)24(29)18-3-4-18)21(17-20)23(28)25-9-2-10-26-13-15-31-16-14-26/h5-6,17-19H,2-4,7-16H2,1H3,(H,25,28). The Balaban J connectivity index is 1.29. The highest BCUT2D eigenvalue weighted by atomic mass is 16.5. The number of likely N-dealkylation sites (tertiary alicyclic amines) is 1. The molecule has 1 saturated carbocycles. The van der Waals surface area contributed by atoms with Crippen LogP contribution >= 0.6 is 0 Å². The van der Waals surface area contributed by atoms with Crippen molar-refractivity contribution in [1.82, 2.24) is 15.1 Å². The van der Waals surface area contributed by atoms with Crippen molar-refractivity contribution < 1.29 is 23.8 Å². The molecule has 1 aromatic rings. The molecule has 0 unspecified atom stereocenters. The summed E-state index contributed by atoms with van der Waals surface area (Å²) in [6, 6.07) is 5.36. The van der Waals surface area contributed by atoms with Gasteiger partial charge in [0.25, 0.3) is 5.91 Å². The molecule has 2 heterocycles. The number of methoxy groups -OCH3 is 1. The fraction of sp³-hybridized carbons (Fsp3) is 0.667. The molecule has 2 aliphatic heterocycles. The van der Waals surface area contributed by atoms with Crippen LogP contribution in [0.3, 0.4) is 0 Å². The highest BCUT2D eigenvalue weighted by Gasteiger charge is 2.35. The van der Waals surface area contributed by atoms with Gasteiger partial charge < -0.3 is 24.4 Å². The highest BCUT2D eigenvalue weighted by Crippen LogP contribution is 2.33. The van der Waals surface area contributed by atoms with E-state index < -0.39 is 0 Å². The minimum atomic E-state index is -0.151. The maximum Gasteiger partial charge on any atom is 0.255 e. The lowest BCUT2D eigenvalue weighted by atomic mass is 10.1. The Bertz CT molecular complexity index is 784. The number of hydrogen-bond acceptors (Lipinski definition) is 6. The molecule has 4 rings (SSSR count). The van der Waals surface area contributed by atoms with Gasteiger partial charge in [0.15, 0.2) is 0 Å². The molecule has 3 fully saturated rings. The van der Waals surface area contributed by atoms with Crippen molar-refractivity contribution in [2.45, 2.75) is 38.2 Å². The maximum absolute atomic E-state index is 12.9. The Kier molecular flexibility index (Phi) is 7.86. The quantitative estimate of drug-likeness (QED) is 0.585. The van der Waals surface area contributed by atoms with Gasteiger partial charge in [-0.2, -0.15) is 0 Å². The Morgan fingerprint density at radius 3 is 2.53 bits per heavy atom. The lowest BCUT2D eigenvalue weighted by molar-refractivity contribution is -0.134. The summed E-state index contributed by atoms with van der Waals surface area (Å²) in [7, 11) is 1.59. The lowest BCUT2D eigenvalue weighted by Gasteiger charge is -2.32. The van der Waals surface area contributed by atoms with Crippen molar-refractivity contribution in [1.29, 1.82) is 0 Å². The highest BCUT2D eigenvalue weighted by molar-refractivity contribution is 5.97. The second-order valence-corrected chi connectivity index (χ2v) is 8.84. The fourth-order valence-corrected chi connectivity index (χ4v) is 4.30. The molecule has 1 N–H and O–H groups in total. The molecule has 0 spiro atoms. The van der Waals surface area contributed by atoms with E-state index in [1.165, 1.54) is 0 Å². The molecule has 3 aliphatic rings. The summed E-state index contributed by atoms with van der Waals surface area (Å²) in [5, 5.41) is 3.02. The zero-order valence-electron chi connectivity index (χ0n) is 19.0. The van der Waals surface area contributed by atoms with Gasteiger partial charge in [-0.25, -0.2) is 0 Å². The topological polar surface area (TPSA) is 80.3 Å². The molecule has 2 amide bonds. The third kappa shape index (κ3) is 6.13. The Morgan fingerprint density at radius 1 is 1.09 bits per heavy atom. The summed E-state index contributed by atoms with van der Waals surface area (Å²) >= 11 is 0. The van der Waals surface area contributed by atoms with Gasteiger partial charge in [-0.05, 0) is 44.0 Å². The Hall–Kier alpha value is -2.32. The summed E-state index contributed by atoms with van der Waals surface area (Å²) in [6.07, 6.45) is 4.52. The van der Waals surface area contributed by atoms with Crippen LogP contribution in [0.5, 0.6) is 11.5 Å². The number of rotatable bonds is 9. The van der Waals surface area contributed by atoms with Gasteiger partial charge in [-0.3, -0.25) is 14.5 Å². The molecular weight excluding hydrogens is 410 g/mol. The second kappa shape index (κ2) is 11.0. The number of nitrogens with one attached hydrogen (secondary N) is 1. The van der Waals surface area contributed by atoms with E-state index in [0.29, 0.717) is 29.5 Å². The molecular formula is C24H35N3O5. The summed E-state index contributed by atoms with van der Waals surface area (Å²) in [5.74, 6) is 1.60. The minimum Gasteiger partial charge on any atom is -0.497 e.